The Hall–Kier alpha value is -3.16. The number of aromatic nitrogens is 1. The predicted octanol–water partition coefficient (Wildman–Crippen LogP) is 5.41. The molecule has 1 aromatic heterocycles. The number of fused-ring (bicyclic) bond motifs is 2. The molecule has 0 radical (unpaired) electrons. The summed E-state index contributed by atoms with van der Waals surface area (Å²) in [4.78, 5) is 6.98. The average molecular weight is 533 g/mol. The second-order valence-electron chi connectivity index (χ2n) is 9.78. The summed E-state index contributed by atoms with van der Waals surface area (Å²) in [6, 6.07) is 17.5. The fraction of sp³-hybridized carbons (Fsp3) is 0.323. The molecule has 0 atom stereocenters. The molecule has 0 saturated carbocycles. The van der Waals surface area contributed by atoms with Gasteiger partial charge in [-0.1, -0.05) is 42.5 Å². The molecule has 2 aliphatic rings. The Morgan fingerprint density at radius 2 is 1.92 bits per heavy atom. The van der Waals surface area contributed by atoms with Crippen LogP contribution in [0, 0.1) is 0 Å². The van der Waals surface area contributed by atoms with Gasteiger partial charge in [0.05, 0.1) is 17.9 Å². The van der Waals surface area contributed by atoms with Crippen LogP contribution in [-0.4, -0.2) is 52.9 Å². The summed E-state index contributed by atoms with van der Waals surface area (Å²) >= 11 is 6.03. The largest absolute Gasteiger partial charge is 0.491 e. The average Bonchev–Trinajstić information content (AvgIpc) is 3.10. The van der Waals surface area contributed by atoms with Gasteiger partial charge < -0.3 is 24.6 Å². The van der Waals surface area contributed by atoms with Gasteiger partial charge in [-0.2, -0.15) is 0 Å². The van der Waals surface area contributed by atoms with Gasteiger partial charge in [-0.05, 0) is 66.8 Å². The van der Waals surface area contributed by atoms with Gasteiger partial charge in [-0.25, -0.2) is 0 Å². The van der Waals surface area contributed by atoms with Crippen molar-refractivity contribution in [2.45, 2.75) is 31.5 Å². The maximum absolute atomic E-state index is 11.2. The van der Waals surface area contributed by atoms with Gasteiger partial charge in [0.15, 0.2) is 0 Å². The second-order valence-corrected chi connectivity index (χ2v) is 10.2. The Bertz CT molecular complexity index is 1310. The van der Waals surface area contributed by atoms with Gasteiger partial charge >= 0.3 is 0 Å². The summed E-state index contributed by atoms with van der Waals surface area (Å²) < 4.78 is 11.7. The van der Waals surface area contributed by atoms with Gasteiger partial charge in [0, 0.05) is 47.5 Å². The highest BCUT2D eigenvalue weighted by Gasteiger charge is 2.33. The summed E-state index contributed by atoms with van der Waals surface area (Å²) in [5, 5.41) is 21.0. The Morgan fingerprint density at radius 3 is 2.68 bits per heavy atom. The minimum absolute atomic E-state index is 0.0646. The zero-order valence-electron chi connectivity index (χ0n) is 21.4. The molecular formula is C31H33ClN2O4. The molecule has 198 valence electrons. The molecule has 2 aromatic carbocycles. The number of halogens is 1. The van der Waals surface area contributed by atoms with Crippen LogP contribution in [0.25, 0.3) is 11.3 Å². The van der Waals surface area contributed by atoms with Gasteiger partial charge in [0.2, 0.25) is 0 Å². The number of hydrogen-bond donors (Lipinski definition) is 2. The minimum Gasteiger partial charge on any atom is -0.491 e. The van der Waals surface area contributed by atoms with Crippen molar-refractivity contribution in [2.24, 2.45) is 0 Å². The summed E-state index contributed by atoms with van der Waals surface area (Å²) in [5.74, 6) is 1.30. The van der Waals surface area contributed by atoms with Crippen LogP contribution in [0.3, 0.4) is 0 Å². The number of piperidine rings is 1. The first-order valence-corrected chi connectivity index (χ1v) is 13.4. The highest BCUT2D eigenvalue weighted by molar-refractivity contribution is 6.30. The molecule has 6 nitrogen and oxygen atoms in total. The SMILES string of the molecule is C=C(OCCO)c1ccc2c(c1)/C(=C/CCN1CCC(O)(c3ccc(Cl)cc3)CC1)c1cccnc1CO2. The lowest BCUT2D eigenvalue weighted by Crippen LogP contribution is -2.42. The lowest BCUT2D eigenvalue weighted by molar-refractivity contribution is -0.0254. The van der Waals surface area contributed by atoms with Crippen molar-refractivity contribution in [1.82, 2.24) is 9.88 Å². The molecule has 0 unspecified atom stereocenters. The topological polar surface area (TPSA) is 75.1 Å². The van der Waals surface area contributed by atoms with Crippen LogP contribution in [0.2, 0.25) is 5.02 Å². The molecule has 3 aromatic rings. The third-order valence-electron chi connectivity index (χ3n) is 7.36. The number of pyridine rings is 1. The Kier molecular flexibility index (Phi) is 8.15. The van der Waals surface area contributed by atoms with E-state index in [-0.39, 0.29) is 13.2 Å². The van der Waals surface area contributed by atoms with Crippen LogP contribution in [0.5, 0.6) is 5.75 Å². The Labute approximate surface area is 228 Å². The molecule has 2 N–H and O–H groups in total. The van der Waals surface area contributed by atoms with Crippen LogP contribution in [0.1, 0.15) is 47.2 Å². The maximum atomic E-state index is 11.2. The summed E-state index contributed by atoms with van der Waals surface area (Å²) in [6.45, 7) is 7.10. The van der Waals surface area contributed by atoms with Crippen LogP contribution in [0.4, 0.5) is 0 Å². The highest BCUT2D eigenvalue weighted by Crippen LogP contribution is 2.38. The van der Waals surface area contributed by atoms with Crippen molar-refractivity contribution < 1.29 is 19.7 Å². The number of nitrogens with zero attached hydrogens (tertiary/aromatic N) is 2. The Morgan fingerprint density at radius 1 is 1.13 bits per heavy atom. The van der Waals surface area contributed by atoms with E-state index >= 15 is 0 Å². The third-order valence-corrected chi connectivity index (χ3v) is 7.61. The molecule has 1 fully saturated rings. The molecule has 2 aliphatic heterocycles. The summed E-state index contributed by atoms with van der Waals surface area (Å²) in [5.41, 5.74) is 4.98. The molecule has 3 heterocycles. The fourth-order valence-electron chi connectivity index (χ4n) is 5.19. The fourth-order valence-corrected chi connectivity index (χ4v) is 5.31. The second kappa shape index (κ2) is 11.7. The van der Waals surface area contributed by atoms with Crippen molar-refractivity contribution in [3.63, 3.8) is 0 Å². The number of aliphatic hydroxyl groups is 2. The zero-order valence-corrected chi connectivity index (χ0v) is 22.2. The molecule has 0 bridgehead atoms. The van der Waals surface area contributed by atoms with Crippen molar-refractivity contribution in [3.8, 4) is 5.75 Å². The third kappa shape index (κ3) is 5.79. The first-order valence-electron chi connectivity index (χ1n) is 13.0. The van der Waals surface area contributed by atoms with Crippen LogP contribution in [0.15, 0.2) is 73.4 Å². The van der Waals surface area contributed by atoms with Crippen molar-refractivity contribution in [2.75, 3.05) is 32.8 Å². The highest BCUT2D eigenvalue weighted by atomic mass is 35.5. The monoisotopic (exact) mass is 532 g/mol. The lowest BCUT2D eigenvalue weighted by Gasteiger charge is -2.38. The van der Waals surface area contributed by atoms with Crippen LogP contribution < -0.4 is 4.74 Å². The predicted molar refractivity (Wildman–Crippen MR) is 150 cm³/mol. The van der Waals surface area contributed by atoms with Gasteiger partial charge in [0.25, 0.3) is 0 Å². The van der Waals surface area contributed by atoms with E-state index in [2.05, 4.69) is 28.6 Å². The van der Waals surface area contributed by atoms with Crippen LogP contribution in [-0.2, 0) is 16.9 Å². The van der Waals surface area contributed by atoms with Gasteiger partial charge in [-0.3, -0.25) is 4.98 Å². The van der Waals surface area contributed by atoms with Crippen molar-refractivity contribution >= 4 is 22.9 Å². The molecule has 0 spiro atoms. The molecule has 0 aliphatic carbocycles. The number of hydrogen-bond acceptors (Lipinski definition) is 6. The van der Waals surface area contributed by atoms with E-state index in [9.17, 15) is 5.11 Å². The number of ether oxygens (including phenoxy) is 2. The summed E-state index contributed by atoms with van der Waals surface area (Å²) in [6.07, 6.45) is 6.27. The van der Waals surface area contributed by atoms with E-state index in [1.54, 1.807) is 6.20 Å². The molecule has 5 rings (SSSR count). The number of aliphatic hydroxyl groups excluding tert-OH is 1. The van der Waals surface area contributed by atoms with E-state index in [0.717, 1.165) is 65.3 Å². The maximum Gasteiger partial charge on any atom is 0.131 e. The summed E-state index contributed by atoms with van der Waals surface area (Å²) in [7, 11) is 0. The van der Waals surface area contributed by atoms with E-state index in [4.69, 9.17) is 26.2 Å². The number of rotatable bonds is 8. The quantitative estimate of drug-likeness (QED) is 0.378. The Balaban J connectivity index is 1.33. The number of likely N-dealkylation sites (tertiary alicyclic amines) is 1. The minimum atomic E-state index is -0.807. The smallest absolute Gasteiger partial charge is 0.131 e. The molecule has 38 heavy (non-hydrogen) atoms. The van der Waals surface area contributed by atoms with Gasteiger partial charge in [0.1, 0.15) is 24.7 Å². The first kappa shape index (κ1) is 26.4. The molecule has 1 saturated heterocycles. The molecule has 0 amide bonds. The van der Waals surface area contributed by atoms with E-state index in [0.29, 0.717) is 30.2 Å². The zero-order chi connectivity index (χ0) is 26.5. The van der Waals surface area contributed by atoms with E-state index < -0.39 is 5.60 Å². The van der Waals surface area contributed by atoms with Crippen molar-refractivity contribution in [1.29, 1.82) is 0 Å². The molecule has 7 heteroatoms. The van der Waals surface area contributed by atoms with Crippen LogP contribution >= 0.6 is 11.6 Å². The van der Waals surface area contributed by atoms with E-state index in [1.807, 2.05) is 48.5 Å². The lowest BCUT2D eigenvalue weighted by atomic mass is 9.84. The normalized spacial score (nSPS) is 17.7. The standard InChI is InChI=1S/C31H33ClN2O4/c1-22(37-19-18-35)23-6-11-30-28(20-23)26(27-4-2-14-33-29(27)21-38-30)5-3-15-34-16-12-31(36,13-17-34)24-7-9-25(32)10-8-24/h2,4-11,14,20,35-36H,1,3,12-13,15-19,21H2/b26-5+. The van der Waals surface area contributed by atoms with E-state index in [1.165, 1.54) is 0 Å². The number of benzene rings is 2. The van der Waals surface area contributed by atoms with Gasteiger partial charge in [-0.15, -0.1) is 0 Å². The first-order chi connectivity index (χ1) is 18.5. The van der Waals surface area contributed by atoms with Crippen molar-refractivity contribution in [3.05, 3.63) is 106 Å². The molecular weight excluding hydrogens is 500 g/mol.